The number of ether oxygens (including phenoxy) is 2. The summed E-state index contributed by atoms with van der Waals surface area (Å²) in [6.45, 7) is 2.48. The Kier molecular flexibility index (Phi) is 8.55. The minimum Gasteiger partial charge on any atom is -0.481 e. The van der Waals surface area contributed by atoms with Crippen LogP contribution < -0.4 is 10.1 Å². The largest absolute Gasteiger partial charge is 0.481 e. The number of hydrogen-bond donors (Lipinski definition) is 1. The van der Waals surface area contributed by atoms with Gasteiger partial charge in [-0.15, -0.1) is 0 Å². The molecule has 188 valence electrons. The molecule has 0 aliphatic carbocycles. The maximum atomic E-state index is 12.9. The number of aromatic nitrogens is 2. The first kappa shape index (κ1) is 24.9. The lowest BCUT2D eigenvalue weighted by atomic mass is 9.82. The number of anilines is 1. The summed E-state index contributed by atoms with van der Waals surface area (Å²) in [5, 5.41) is 3.36. The van der Waals surface area contributed by atoms with Crippen molar-refractivity contribution in [1.29, 1.82) is 0 Å². The van der Waals surface area contributed by atoms with E-state index in [0.29, 0.717) is 31.1 Å². The van der Waals surface area contributed by atoms with Crippen LogP contribution in [0.15, 0.2) is 30.5 Å². The average molecular weight is 481 g/mol. The lowest BCUT2D eigenvalue weighted by molar-refractivity contribution is -0.141. The fourth-order valence-corrected chi connectivity index (χ4v) is 5.10. The number of nitrogens with one attached hydrogen (secondary N) is 1. The highest BCUT2D eigenvalue weighted by Gasteiger charge is 2.27. The predicted molar refractivity (Wildman–Crippen MR) is 133 cm³/mol. The second-order valence-electron chi connectivity index (χ2n) is 9.51. The lowest BCUT2D eigenvalue weighted by Crippen LogP contribution is -2.39. The summed E-state index contributed by atoms with van der Waals surface area (Å²) in [4.78, 5) is 35.9. The molecule has 2 aliphatic rings. The van der Waals surface area contributed by atoms with E-state index >= 15 is 0 Å². The van der Waals surface area contributed by atoms with E-state index in [9.17, 15) is 9.59 Å². The van der Waals surface area contributed by atoms with Gasteiger partial charge in [-0.2, -0.15) is 0 Å². The molecule has 1 amide bonds. The molecule has 1 saturated heterocycles. The fraction of sp³-hybridized carbons (Fsp3) is 0.556. The maximum Gasteiger partial charge on any atom is 0.306 e. The number of fused-ring (bicyclic) bond motifs is 1. The molecule has 1 unspecified atom stereocenters. The summed E-state index contributed by atoms with van der Waals surface area (Å²) in [6.07, 6.45) is 8.22. The molecule has 0 spiro atoms. The van der Waals surface area contributed by atoms with Crippen molar-refractivity contribution in [3.8, 4) is 5.88 Å². The molecular weight excluding hydrogens is 444 g/mol. The highest BCUT2D eigenvalue weighted by molar-refractivity contribution is 5.76. The number of nitrogens with zero attached hydrogens (tertiary/aromatic N) is 3. The van der Waals surface area contributed by atoms with Crippen molar-refractivity contribution < 1.29 is 19.1 Å². The standard InChI is InChI=1S/C27H36N4O4/c1-34-24-9-6-21(18-29-24)22(17-26(33)35-2)16-19-11-14-31(15-12-19)25(32)10-8-23-7-5-20-4-3-13-28-27(20)30-23/h5-7,9,18-19,22H,3-4,8,10-17H2,1-2H3,(H,28,30). The summed E-state index contributed by atoms with van der Waals surface area (Å²) >= 11 is 0. The van der Waals surface area contributed by atoms with Crippen LogP contribution in [-0.4, -0.2) is 60.6 Å². The van der Waals surface area contributed by atoms with Gasteiger partial charge >= 0.3 is 5.97 Å². The highest BCUT2D eigenvalue weighted by Crippen LogP contribution is 2.33. The quantitative estimate of drug-likeness (QED) is 0.546. The number of carbonyl (C=O) groups is 2. The fourth-order valence-electron chi connectivity index (χ4n) is 5.10. The van der Waals surface area contributed by atoms with Crippen LogP contribution in [0.3, 0.4) is 0 Å². The van der Waals surface area contributed by atoms with Crippen molar-refractivity contribution in [3.05, 3.63) is 47.3 Å². The summed E-state index contributed by atoms with van der Waals surface area (Å²) in [7, 11) is 3.01. The van der Waals surface area contributed by atoms with Gasteiger partial charge in [-0.1, -0.05) is 12.1 Å². The van der Waals surface area contributed by atoms with Gasteiger partial charge in [0, 0.05) is 44.0 Å². The van der Waals surface area contributed by atoms with E-state index in [0.717, 1.165) is 68.8 Å². The summed E-state index contributed by atoms with van der Waals surface area (Å²) in [6, 6.07) is 8.00. The zero-order chi connectivity index (χ0) is 24.6. The number of rotatable bonds is 9. The number of likely N-dealkylation sites (tertiary alicyclic amines) is 1. The molecule has 0 aromatic carbocycles. The number of pyridine rings is 2. The maximum absolute atomic E-state index is 12.9. The molecule has 0 radical (unpaired) electrons. The summed E-state index contributed by atoms with van der Waals surface area (Å²) in [5.74, 6) is 2.00. The van der Waals surface area contributed by atoms with E-state index < -0.39 is 0 Å². The van der Waals surface area contributed by atoms with Crippen molar-refractivity contribution >= 4 is 17.7 Å². The molecule has 2 aliphatic heterocycles. The molecule has 0 bridgehead atoms. The first-order chi connectivity index (χ1) is 17.1. The summed E-state index contributed by atoms with van der Waals surface area (Å²) < 4.78 is 10.1. The molecule has 2 aromatic rings. The van der Waals surface area contributed by atoms with E-state index in [2.05, 4.69) is 22.4 Å². The van der Waals surface area contributed by atoms with Gasteiger partial charge in [-0.05, 0) is 67.6 Å². The van der Waals surface area contributed by atoms with Gasteiger partial charge in [0.15, 0.2) is 0 Å². The second kappa shape index (κ2) is 12.0. The first-order valence-electron chi connectivity index (χ1n) is 12.6. The third-order valence-electron chi connectivity index (χ3n) is 7.21. The smallest absolute Gasteiger partial charge is 0.306 e. The molecule has 8 heteroatoms. The van der Waals surface area contributed by atoms with Crippen LogP contribution in [0, 0.1) is 5.92 Å². The predicted octanol–water partition coefficient (Wildman–Crippen LogP) is 3.75. The third kappa shape index (κ3) is 6.71. The van der Waals surface area contributed by atoms with Crippen LogP contribution in [0.2, 0.25) is 0 Å². The minimum atomic E-state index is -0.218. The molecule has 4 rings (SSSR count). The molecule has 4 heterocycles. The van der Waals surface area contributed by atoms with Gasteiger partial charge in [0.1, 0.15) is 5.82 Å². The van der Waals surface area contributed by atoms with Gasteiger partial charge < -0.3 is 19.7 Å². The van der Waals surface area contributed by atoms with Crippen LogP contribution in [-0.2, 0) is 27.2 Å². The third-order valence-corrected chi connectivity index (χ3v) is 7.21. The summed E-state index contributed by atoms with van der Waals surface area (Å²) in [5.41, 5.74) is 3.26. The van der Waals surface area contributed by atoms with Crippen molar-refractivity contribution in [3.63, 3.8) is 0 Å². The van der Waals surface area contributed by atoms with Crippen LogP contribution >= 0.6 is 0 Å². The number of hydrogen-bond acceptors (Lipinski definition) is 7. The number of carbonyl (C=O) groups excluding carboxylic acids is 2. The van der Waals surface area contributed by atoms with Gasteiger partial charge in [0.25, 0.3) is 0 Å². The number of piperidine rings is 1. The van der Waals surface area contributed by atoms with Gasteiger partial charge in [-0.25, -0.2) is 9.97 Å². The molecule has 0 saturated carbocycles. The van der Waals surface area contributed by atoms with Crippen molar-refractivity contribution in [2.24, 2.45) is 5.92 Å². The Labute approximate surface area is 207 Å². The van der Waals surface area contributed by atoms with Gasteiger partial charge in [0.05, 0.1) is 20.6 Å². The van der Waals surface area contributed by atoms with E-state index in [1.54, 1.807) is 13.3 Å². The Balaban J connectivity index is 1.27. The molecular formula is C27H36N4O4. The molecule has 35 heavy (non-hydrogen) atoms. The Morgan fingerprint density at radius 3 is 2.71 bits per heavy atom. The van der Waals surface area contributed by atoms with Crippen molar-refractivity contribution in [2.75, 3.05) is 39.2 Å². The Bertz CT molecular complexity index is 1000. The van der Waals surface area contributed by atoms with E-state index in [1.807, 2.05) is 17.0 Å². The van der Waals surface area contributed by atoms with Crippen LogP contribution in [0.1, 0.15) is 61.3 Å². The van der Waals surface area contributed by atoms with E-state index in [-0.39, 0.29) is 17.8 Å². The minimum absolute atomic E-state index is 0.0387. The number of methoxy groups -OCH3 is 2. The molecule has 8 nitrogen and oxygen atoms in total. The zero-order valence-corrected chi connectivity index (χ0v) is 20.8. The molecule has 1 atom stereocenters. The molecule has 1 fully saturated rings. The average Bonchev–Trinajstić information content (AvgIpc) is 2.91. The van der Waals surface area contributed by atoms with Crippen LogP contribution in [0.25, 0.3) is 0 Å². The number of esters is 1. The highest BCUT2D eigenvalue weighted by atomic mass is 16.5. The Morgan fingerprint density at radius 2 is 2.00 bits per heavy atom. The topological polar surface area (TPSA) is 93.7 Å². The normalized spacial score (nSPS) is 16.7. The zero-order valence-electron chi connectivity index (χ0n) is 20.8. The van der Waals surface area contributed by atoms with Crippen molar-refractivity contribution in [2.45, 2.75) is 57.3 Å². The first-order valence-corrected chi connectivity index (χ1v) is 12.6. The lowest BCUT2D eigenvalue weighted by Gasteiger charge is -2.33. The monoisotopic (exact) mass is 480 g/mol. The number of aryl methyl sites for hydroxylation is 2. The molecule has 1 N–H and O–H groups in total. The van der Waals surface area contributed by atoms with Gasteiger partial charge in [0.2, 0.25) is 11.8 Å². The second-order valence-corrected chi connectivity index (χ2v) is 9.51. The van der Waals surface area contributed by atoms with E-state index in [4.69, 9.17) is 14.5 Å². The Hall–Kier alpha value is -3.16. The van der Waals surface area contributed by atoms with Crippen molar-refractivity contribution in [1.82, 2.24) is 14.9 Å². The number of amides is 1. The van der Waals surface area contributed by atoms with E-state index in [1.165, 1.54) is 12.7 Å². The SMILES string of the molecule is COC(=O)CC(CC1CCN(C(=O)CCc2ccc3c(n2)NCCC3)CC1)c1ccc(OC)nc1. The van der Waals surface area contributed by atoms with Gasteiger partial charge in [-0.3, -0.25) is 9.59 Å². The Morgan fingerprint density at radius 1 is 1.17 bits per heavy atom. The van der Waals surface area contributed by atoms with Crippen LogP contribution in [0.5, 0.6) is 5.88 Å². The molecule has 2 aromatic heterocycles. The van der Waals surface area contributed by atoms with Crippen LogP contribution in [0.4, 0.5) is 5.82 Å².